The van der Waals surface area contributed by atoms with Crippen LogP contribution in [0.25, 0.3) is 0 Å². The maximum Gasteiger partial charge on any atom is 0.269 e. The first-order valence-electron chi connectivity index (χ1n) is 4.21. The fourth-order valence-corrected chi connectivity index (χ4v) is 1.85. The first kappa shape index (κ1) is 7.61. The van der Waals surface area contributed by atoms with Crippen LogP contribution in [0.4, 0.5) is 0 Å². The first-order valence-corrected chi connectivity index (χ1v) is 4.21. The molecule has 0 bridgehead atoms. The highest BCUT2D eigenvalue weighted by Crippen LogP contribution is 2.17. The van der Waals surface area contributed by atoms with E-state index in [4.69, 9.17) is 0 Å². The van der Waals surface area contributed by atoms with Crippen molar-refractivity contribution < 1.29 is 0 Å². The predicted molar refractivity (Wildman–Crippen MR) is 46.2 cm³/mol. The second kappa shape index (κ2) is 2.48. The van der Waals surface area contributed by atoms with E-state index in [1.54, 1.807) is 0 Å². The van der Waals surface area contributed by atoms with E-state index in [1.807, 2.05) is 18.7 Å². The summed E-state index contributed by atoms with van der Waals surface area (Å²) in [6, 6.07) is 0.193. The number of aryl methyl sites for hydroxylation is 1. The number of aromatic nitrogens is 2. The number of hydrogen-bond donors (Lipinski definition) is 2. The average Bonchev–Trinajstić information content (AvgIpc) is 2.29. The molecule has 2 rings (SSSR count). The highest BCUT2D eigenvalue weighted by Gasteiger charge is 2.21. The van der Waals surface area contributed by atoms with Gasteiger partial charge in [0.25, 0.3) is 5.56 Å². The second-order valence-electron chi connectivity index (χ2n) is 3.29. The van der Waals surface area contributed by atoms with Gasteiger partial charge in [0, 0.05) is 31.7 Å². The summed E-state index contributed by atoms with van der Waals surface area (Å²) < 4.78 is 1.83. The second-order valence-corrected chi connectivity index (χ2v) is 3.29. The van der Waals surface area contributed by atoms with Crippen LogP contribution in [0.3, 0.4) is 0 Å². The SMILES string of the molecule is CC1NCCc2c1c(=O)[nH]n2C. The summed E-state index contributed by atoms with van der Waals surface area (Å²) in [4.78, 5) is 11.4. The van der Waals surface area contributed by atoms with Gasteiger partial charge in [0.1, 0.15) is 0 Å². The molecular weight excluding hydrogens is 154 g/mol. The molecule has 4 nitrogen and oxygen atoms in total. The maximum atomic E-state index is 11.4. The number of nitrogens with one attached hydrogen (secondary N) is 2. The molecule has 66 valence electrons. The molecule has 2 heterocycles. The van der Waals surface area contributed by atoms with Crippen molar-refractivity contribution in [2.75, 3.05) is 6.54 Å². The van der Waals surface area contributed by atoms with Gasteiger partial charge >= 0.3 is 0 Å². The molecular formula is C8H13N3O. The molecule has 4 heteroatoms. The van der Waals surface area contributed by atoms with Crippen LogP contribution in [0.15, 0.2) is 4.79 Å². The third-order valence-electron chi connectivity index (χ3n) is 2.47. The van der Waals surface area contributed by atoms with Gasteiger partial charge in [0.15, 0.2) is 0 Å². The van der Waals surface area contributed by atoms with Gasteiger partial charge in [-0.25, -0.2) is 0 Å². The van der Waals surface area contributed by atoms with E-state index in [1.165, 1.54) is 0 Å². The molecule has 1 aromatic rings. The number of H-pyrrole nitrogens is 1. The monoisotopic (exact) mass is 167 g/mol. The smallest absolute Gasteiger partial charge is 0.269 e. The Hall–Kier alpha value is -1.03. The number of aromatic amines is 1. The normalized spacial score (nSPS) is 22.3. The topological polar surface area (TPSA) is 49.8 Å². The zero-order valence-electron chi connectivity index (χ0n) is 7.35. The fourth-order valence-electron chi connectivity index (χ4n) is 1.85. The van der Waals surface area contributed by atoms with Crippen LogP contribution in [-0.4, -0.2) is 16.3 Å². The van der Waals surface area contributed by atoms with Crippen molar-refractivity contribution in [1.29, 1.82) is 0 Å². The van der Waals surface area contributed by atoms with Crippen LogP contribution in [0.2, 0.25) is 0 Å². The van der Waals surface area contributed by atoms with Crippen molar-refractivity contribution in [1.82, 2.24) is 15.1 Å². The Morgan fingerprint density at radius 3 is 3.00 bits per heavy atom. The standard InChI is InChI=1S/C8H13N3O/c1-5-7-6(3-4-9-5)11(2)10-8(7)12/h5,9H,3-4H2,1-2H3,(H,10,12). The largest absolute Gasteiger partial charge is 0.310 e. The Morgan fingerprint density at radius 2 is 2.33 bits per heavy atom. The van der Waals surface area contributed by atoms with E-state index in [0.29, 0.717) is 0 Å². The fraction of sp³-hybridized carbons (Fsp3) is 0.625. The number of fused-ring (bicyclic) bond motifs is 1. The summed E-state index contributed by atoms with van der Waals surface area (Å²) in [5, 5.41) is 6.03. The quantitative estimate of drug-likeness (QED) is 0.568. The van der Waals surface area contributed by atoms with Gasteiger partial charge in [-0.1, -0.05) is 0 Å². The Balaban J connectivity index is 2.63. The minimum atomic E-state index is 0.0483. The van der Waals surface area contributed by atoms with E-state index in [0.717, 1.165) is 24.2 Å². The molecule has 0 saturated heterocycles. The molecule has 1 aliphatic heterocycles. The Morgan fingerprint density at radius 1 is 1.58 bits per heavy atom. The predicted octanol–water partition coefficient (Wildman–Crippen LogP) is -0.0799. The minimum Gasteiger partial charge on any atom is -0.310 e. The van der Waals surface area contributed by atoms with E-state index in [-0.39, 0.29) is 11.6 Å². The number of rotatable bonds is 0. The summed E-state index contributed by atoms with van der Waals surface area (Å²) in [5.74, 6) is 0. The van der Waals surface area contributed by atoms with E-state index < -0.39 is 0 Å². The van der Waals surface area contributed by atoms with Crippen LogP contribution in [-0.2, 0) is 13.5 Å². The molecule has 0 saturated carbocycles. The number of nitrogens with zero attached hydrogens (tertiary/aromatic N) is 1. The summed E-state index contributed by atoms with van der Waals surface area (Å²) in [6.07, 6.45) is 0.939. The van der Waals surface area contributed by atoms with Crippen molar-refractivity contribution in [2.45, 2.75) is 19.4 Å². The molecule has 1 unspecified atom stereocenters. The van der Waals surface area contributed by atoms with E-state index >= 15 is 0 Å². The van der Waals surface area contributed by atoms with Gasteiger partial charge in [-0.15, -0.1) is 0 Å². The van der Waals surface area contributed by atoms with Crippen LogP contribution in [0, 0.1) is 0 Å². The van der Waals surface area contributed by atoms with Gasteiger partial charge in [0.05, 0.1) is 5.56 Å². The third kappa shape index (κ3) is 0.914. The van der Waals surface area contributed by atoms with Crippen molar-refractivity contribution in [2.24, 2.45) is 7.05 Å². The van der Waals surface area contributed by atoms with E-state index in [2.05, 4.69) is 10.4 Å². The van der Waals surface area contributed by atoms with Gasteiger partial charge in [-0.2, -0.15) is 0 Å². The summed E-state index contributed by atoms with van der Waals surface area (Å²) in [6.45, 7) is 2.98. The average molecular weight is 167 g/mol. The van der Waals surface area contributed by atoms with Gasteiger partial charge in [-0.05, 0) is 6.92 Å². The molecule has 0 amide bonds. The highest BCUT2D eigenvalue weighted by atomic mass is 16.1. The van der Waals surface area contributed by atoms with Crippen LogP contribution >= 0.6 is 0 Å². The summed E-state index contributed by atoms with van der Waals surface area (Å²) >= 11 is 0. The molecule has 0 aromatic carbocycles. The van der Waals surface area contributed by atoms with Crippen LogP contribution < -0.4 is 10.9 Å². The first-order chi connectivity index (χ1) is 5.70. The number of hydrogen-bond acceptors (Lipinski definition) is 2. The molecule has 1 aliphatic rings. The van der Waals surface area contributed by atoms with Crippen molar-refractivity contribution in [3.05, 3.63) is 21.6 Å². The van der Waals surface area contributed by atoms with Crippen molar-refractivity contribution in [3.8, 4) is 0 Å². The molecule has 12 heavy (non-hydrogen) atoms. The third-order valence-corrected chi connectivity index (χ3v) is 2.47. The summed E-state index contributed by atoms with van der Waals surface area (Å²) in [7, 11) is 1.89. The summed E-state index contributed by atoms with van der Waals surface area (Å²) in [5.41, 5.74) is 2.10. The van der Waals surface area contributed by atoms with Gasteiger partial charge in [-0.3, -0.25) is 14.6 Å². The molecule has 1 aromatic heterocycles. The minimum absolute atomic E-state index is 0.0483. The molecule has 0 aliphatic carbocycles. The Kier molecular flexibility index (Phi) is 1.58. The zero-order valence-corrected chi connectivity index (χ0v) is 7.35. The molecule has 2 N–H and O–H groups in total. The lowest BCUT2D eigenvalue weighted by Gasteiger charge is -2.19. The zero-order chi connectivity index (χ0) is 8.72. The maximum absolute atomic E-state index is 11.4. The van der Waals surface area contributed by atoms with Gasteiger partial charge in [0.2, 0.25) is 0 Å². The lowest BCUT2D eigenvalue weighted by molar-refractivity contribution is 0.524. The lowest BCUT2D eigenvalue weighted by Crippen LogP contribution is -2.30. The molecule has 0 spiro atoms. The molecule has 0 fully saturated rings. The highest BCUT2D eigenvalue weighted by molar-refractivity contribution is 5.24. The molecule has 1 atom stereocenters. The van der Waals surface area contributed by atoms with Crippen molar-refractivity contribution in [3.63, 3.8) is 0 Å². The van der Waals surface area contributed by atoms with Gasteiger partial charge < -0.3 is 5.32 Å². The van der Waals surface area contributed by atoms with E-state index in [9.17, 15) is 4.79 Å². The lowest BCUT2D eigenvalue weighted by atomic mass is 10.0. The van der Waals surface area contributed by atoms with Crippen molar-refractivity contribution >= 4 is 0 Å². The Bertz CT molecular complexity index is 350. The Labute approximate surface area is 70.6 Å². The van der Waals surface area contributed by atoms with Crippen LogP contribution in [0.1, 0.15) is 24.2 Å². The molecule has 0 radical (unpaired) electrons. The van der Waals surface area contributed by atoms with Crippen LogP contribution in [0.5, 0.6) is 0 Å².